The van der Waals surface area contributed by atoms with Gasteiger partial charge < -0.3 is 11.1 Å². The number of nitrogens with zero attached hydrogens (tertiary/aromatic N) is 2. The molecule has 3 N–H and O–H groups in total. The van der Waals surface area contributed by atoms with E-state index >= 15 is 0 Å². The summed E-state index contributed by atoms with van der Waals surface area (Å²) >= 11 is 7.68. The van der Waals surface area contributed by atoms with E-state index in [4.69, 9.17) is 17.3 Å². The third kappa shape index (κ3) is 4.95. The molecule has 0 aliphatic carbocycles. The Morgan fingerprint density at radius 3 is 2.71 bits per heavy atom. The fourth-order valence-electron chi connectivity index (χ4n) is 2.99. The molecule has 3 rings (SSSR count). The Bertz CT molecular complexity index is 1200. The molecule has 2 amide bonds. The van der Waals surface area contributed by atoms with Crippen LogP contribution in [0.3, 0.4) is 0 Å². The van der Waals surface area contributed by atoms with Crippen LogP contribution in [0.4, 0.5) is 11.4 Å². The first kappa shape index (κ1) is 22.5. The van der Waals surface area contributed by atoms with Crippen molar-refractivity contribution in [3.05, 3.63) is 63.4 Å². The maximum absolute atomic E-state index is 12.0. The number of anilines is 1. The predicted molar refractivity (Wildman–Crippen MR) is 121 cm³/mol. The largest absolute Gasteiger partial charge is 0.369 e. The molecular formula is C21H19ClN4O4S. The number of carbonyl (C=O) groups excluding carboxylic acids is 2. The van der Waals surface area contributed by atoms with Crippen LogP contribution in [0.25, 0.3) is 10.8 Å². The molecular weight excluding hydrogens is 440 g/mol. The lowest BCUT2D eigenvalue weighted by atomic mass is 9.98. The van der Waals surface area contributed by atoms with Gasteiger partial charge in [-0.25, -0.2) is 0 Å². The number of benzene rings is 2. The van der Waals surface area contributed by atoms with Gasteiger partial charge >= 0.3 is 0 Å². The van der Waals surface area contributed by atoms with Crippen LogP contribution in [0.2, 0.25) is 5.02 Å². The Morgan fingerprint density at radius 1 is 1.32 bits per heavy atom. The number of aromatic nitrogens is 1. The molecule has 8 nitrogen and oxygen atoms in total. The van der Waals surface area contributed by atoms with E-state index in [1.54, 1.807) is 44.3 Å². The molecule has 1 unspecified atom stereocenters. The number of carbonyl (C=O) groups is 2. The molecule has 0 saturated carbocycles. The van der Waals surface area contributed by atoms with Crippen LogP contribution >= 0.6 is 23.4 Å². The molecule has 0 aliphatic rings. The number of nitro groups is 1. The summed E-state index contributed by atoms with van der Waals surface area (Å²) in [5.74, 6) is -1.45. The summed E-state index contributed by atoms with van der Waals surface area (Å²) in [5, 5.41) is 15.7. The van der Waals surface area contributed by atoms with Gasteiger partial charge in [0, 0.05) is 40.4 Å². The second kappa shape index (κ2) is 9.32. The zero-order valence-electron chi connectivity index (χ0n) is 16.7. The second-order valence-electron chi connectivity index (χ2n) is 6.79. The van der Waals surface area contributed by atoms with Crippen molar-refractivity contribution in [2.24, 2.45) is 5.73 Å². The van der Waals surface area contributed by atoms with Crippen LogP contribution in [0, 0.1) is 10.1 Å². The average molecular weight is 459 g/mol. The highest BCUT2D eigenvalue weighted by atomic mass is 35.5. The molecule has 31 heavy (non-hydrogen) atoms. The number of non-ortho nitro benzene ring substituents is 1. The van der Waals surface area contributed by atoms with Crippen molar-refractivity contribution < 1.29 is 14.5 Å². The van der Waals surface area contributed by atoms with Crippen molar-refractivity contribution in [1.29, 1.82) is 0 Å². The van der Waals surface area contributed by atoms with Gasteiger partial charge in [-0.15, -0.1) is 0 Å². The SMILES string of the molecule is CCC(=O)Nc1cc(Sc2cc([N+](=O)[O-])c3cnccc3c2)c(Cl)cc1C(C)C(N)=O. The lowest BCUT2D eigenvalue weighted by Gasteiger charge is -2.17. The first-order valence-corrected chi connectivity index (χ1v) is 10.5. The Morgan fingerprint density at radius 2 is 2.06 bits per heavy atom. The molecule has 160 valence electrons. The Kier molecular flexibility index (Phi) is 6.77. The normalized spacial score (nSPS) is 11.8. The lowest BCUT2D eigenvalue weighted by Crippen LogP contribution is -2.21. The number of nitrogens with one attached hydrogen (secondary N) is 1. The molecule has 0 spiro atoms. The van der Waals surface area contributed by atoms with Crippen molar-refractivity contribution in [1.82, 2.24) is 4.98 Å². The lowest BCUT2D eigenvalue weighted by molar-refractivity contribution is -0.383. The minimum absolute atomic E-state index is 0.0669. The Labute approximate surface area is 187 Å². The minimum atomic E-state index is -0.669. The number of halogens is 1. The standard InChI is InChI=1S/C21H19ClN4O4S/c1-3-20(27)25-17-9-19(16(22)8-14(17)11(2)21(23)28)31-13-6-12-4-5-24-10-15(12)18(7-13)26(29)30/h4-11H,3H2,1-2H3,(H2,23,28)(H,25,27). The highest BCUT2D eigenvalue weighted by Crippen LogP contribution is 2.41. The van der Waals surface area contributed by atoms with Crippen LogP contribution in [0.1, 0.15) is 31.7 Å². The number of primary amides is 1. The quantitative estimate of drug-likeness (QED) is 0.383. The summed E-state index contributed by atoms with van der Waals surface area (Å²) < 4.78 is 0. The summed E-state index contributed by atoms with van der Waals surface area (Å²) in [4.78, 5) is 39.9. The maximum atomic E-state index is 12.0. The van der Waals surface area contributed by atoms with Crippen molar-refractivity contribution in [3.63, 3.8) is 0 Å². The van der Waals surface area contributed by atoms with Crippen LogP contribution in [0.15, 0.2) is 52.5 Å². The zero-order valence-corrected chi connectivity index (χ0v) is 18.3. The van der Waals surface area contributed by atoms with Gasteiger partial charge in [-0.05, 0) is 42.1 Å². The molecule has 10 heteroatoms. The number of hydrogen-bond acceptors (Lipinski definition) is 6. The topological polar surface area (TPSA) is 128 Å². The van der Waals surface area contributed by atoms with E-state index in [2.05, 4.69) is 10.3 Å². The highest BCUT2D eigenvalue weighted by Gasteiger charge is 2.21. The van der Waals surface area contributed by atoms with E-state index in [-0.39, 0.29) is 18.0 Å². The van der Waals surface area contributed by atoms with E-state index in [1.807, 2.05) is 0 Å². The summed E-state index contributed by atoms with van der Waals surface area (Å²) in [5.41, 5.74) is 6.29. The van der Waals surface area contributed by atoms with E-state index < -0.39 is 16.7 Å². The van der Waals surface area contributed by atoms with Gasteiger partial charge in [-0.3, -0.25) is 24.7 Å². The maximum Gasteiger partial charge on any atom is 0.279 e. The van der Waals surface area contributed by atoms with Gasteiger partial charge in [-0.2, -0.15) is 0 Å². The van der Waals surface area contributed by atoms with Gasteiger partial charge in [-0.1, -0.05) is 30.3 Å². The van der Waals surface area contributed by atoms with Gasteiger partial charge in [0.05, 0.1) is 21.3 Å². The van der Waals surface area contributed by atoms with Crippen LogP contribution in [-0.4, -0.2) is 21.7 Å². The fourth-order valence-corrected chi connectivity index (χ4v) is 4.23. The Balaban J connectivity index is 2.09. The van der Waals surface area contributed by atoms with E-state index in [0.29, 0.717) is 36.8 Å². The number of hydrogen-bond donors (Lipinski definition) is 2. The van der Waals surface area contributed by atoms with Crippen molar-refractivity contribution in [3.8, 4) is 0 Å². The average Bonchev–Trinajstić information content (AvgIpc) is 2.74. The van der Waals surface area contributed by atoms with Crippen LogP contribution in [0.5, 0.6) is 0 Å². The molecule has 0 saturated heterocycles. The first-order chi connectivity index (χ1) is 14.7. The summed E-state index contributed by atoms with van der Waals surface area (Å²) in [7, 11) is 0. The van der Waals surface area contributed by atoms with Gasteiger partial charge in [0.15, 0.2) is 0 Å². The molecule has 2 aromatic carbocycles. The second-order valence-corrected chi connectivity index (χ2v) is 8.32. The van der Waals surface area contributed by atoms with Crippen LogP contribution < -0.4 is 11.1 Å². The zero-order chi connectivity index (χ0) is 22.7. The summed E-state index contributed by atoms with van der Waals surface area (Å²) in [6.07, 6.45) is 3.26. The molecule has 0 fully saturated rings. The molecule has 1 heterocycles. The molecule has 0 bridgehead atoms. The van der Waals surface area contributed by atoms with Crippen LogP contribution in [-0.2, 0) is 9.59 Å². The summed E-state index contributed by atoms with van der Waals surface area (Å²) in [6.45, 7) is 3.34. The molecule has 3 aromatic rings. The van der Waals surface area contributed by atoms with E-state index in [9.17, 15) is 19.7 Å². The number of pyridine rings is 1. The number of amides is 2. The van der Waals surface area contributed by atoms with Crippen molar-refractivity contribution >= 4 is 57.3 Å². The van der Waals surface area contributed by atoms with Gasteiger partial charge in [0.2, 0.25) is 11.8 Å². The third-order valence-electron chi connectivity index (χ3n) is 4.72. The van der Waals surface area contributed by atoms with Gasteiger partial charge in [0.25, 0.3) is 5.69 Å². The molecule has 0 aliphatic heterocycles. The van der Waals surface area contributed by atoms with Gasteiger partial charge in [0.1, 0.15) is 0 Å². The first-order valence-electron chi connectivity index (χ1n) is 9.33. The minimum Gasteiger partial charge on any atom is -0.369 e. The highest BCUT2D eigenvalue weighted by molar-refractivity contribution is 7.99. The summed E-state index contributed by atoms with van der Waals surface area (Å²) in [6, 6.07) is 8.19. The Hall–Kier alpha value is -3.17. The number of nitrogens with two attached hydrogens (primary N) is 1. The smallest absolute Gasteiger partial charge is 0.279 e. The molecule has 1 atom stereocenters. The van der Waals surface area contributed by atoms with Crippen molar-refractivity contribution in [2.45, 2.75) is 36.0 Å². The molecule has 1 aromatic heterocycles. The van der Waals surface area contributed by atoms with E-state index in [1.165, 1.54) is 24.0 Å². The van der Waals surface area contributed by atoms with Crippen molar-refractivity contribution in [2.75, 3.05) is 5.32 Å². The number of rotatable bonds is 7. The third-order valence-corrected chi connectivity index (χ3v) is 6.18. The molecule has 0 radical (unpaired) electrons. The number of fused-ring (bicyclic) bond motifs is 1. The fraction of sp³-hybridized carbons (Fsp3) is 0.190. The predicted octanol–water partition coefficient (Wildman–Crippen LogP) is 4.88. The number of nitro benzene ring substituents is 1. The monoisotopic (exact) mass is 458 g/mol. The van der Waals surface area contributed by atoms with E-state index in [0.717, 1.165) is 0 Å².